The van der Waals surface area contributed by atoms with Gasteiger partial charge in [-0.1, -0.05) is 44.2 Å². The van der Waals surface area contributed by atoms with E-state index in [0.29, 0.717) is 22.9 Å². The summed E-state index contributed by atoms with van der Waals surface area (Å²) >= 11 is 0. The number of fused-ring (bicyclic) bond motifs is 3. The van der Waals surface area contributed by atoms with E-state index in [4.69, 9.17) is 0 Å². The zero-order valence-electron chi connectivity index (χ0n) is 18.1. The largest absolute Gasteiger partial charge is 0.325 e. The number of carbonyl (C=O) groups is 1. The van der Waals surface area contributed by atoms with Crippen molar-refractivity contribution in [3.05, 3.63) is 77.4 Å². The maximum absolute atomic E-state index is 13.4. The Labute approximate surface area is 183 Å². The van der Waals surface area contributed by atoms with Gasteiger partial charge in [0.15, 0.2) is 0 Å². The highest BCUT2D eigenvalue weighted by Gasteiger charge is 2.36. The SMILES string of the molecule is Cc1ccc(NC(=O)CN2c3ccc(C(C)C)cc3-c3ccccc3S2(=O)=O)cc1C. The minimum Gasteiger partial charge on any atom is -0.325 e. The second kappa shape index (κ2) is 7.85. The van der Waals surface area contributed by atoms with E-state index < -0.39 is 10.0 Å². The summed E-state index contributed by atoms with van der Waals surface area (Å²) < 4.78 is 28.1. The number of hydrogen-bond acceptors (Lipinski definition) is 3. The van der Waals surface area contributed by atoms with Gasteiger partial charge in [0, 0.05) is 16.8 Å². The molecule has 0 saturated carbocycles. The number of benzene rings is 3. The van der Waals surface area contributed by atoms with Gasteiger partial charge < -0.3 is 5.32 Å². The lowest BCUT2D eigenvalue weighted by atomic mass is 9.95. The number of nitrogens with one attached hydrogen (secondary N) is 1. The van der Waals surface area contributed by atoms with Gasteiger partial charge in [0.1, 0.15) is 6.54 Å². The first-order valence-corrected chi connectivity index (χ1v) is 11.8. The molecule has 5 nitrogen and oxygen atoms in total. The molecule has 1 aliphatic rings. The van der Waals surface area contributed by atoms with E-state index in [-0.39, 0.29) is 17.3 Å². The molecule has 0 spiro atoms. The monoisotopic (exact) mass is 434 g/mol. The van der Waals surface area contributed by atoms with Gasteiger partial charge in [0.2, 0.25) is 5.91 Å². The van der Waals surface area contributed by atoms with Crippen LogP contribution < -0.4 is 9.62 Å². The molecule has 0 fully saturated rings. The van der Waals surface area contributed by atoms with Crippen molar-refractivity contribution in [3.63, 3.8) is 0 Å². The number of rotatable bonds is 4. The molecule has 0 bridgehead atoms. The van der Waals surface area contributed by atoms with Crippen LogP contribution in [0.3, 0.4) is 0 Å². The molecule has 0 atom stereocenters. The third-order valence-electron chi connectivity index (χ3n) is 5.78. The van der Waals surface area contributed by atoms with Gasteiger partial charge in [-0.05, 0) is 66.8 Å². The number of sulfonamides is 1. The fraction of sp³-hybridized carbons (Fsp3) is 0.240. The molecule has 3 aromatic rings. The molecule has 31 heavy (non-hydrogen) atoms. The number of anilines is 2. The van der Waals surface area contributed by atoms with Crippen LogP contribution in [-0.4, -0.2) is 20.9 Å². The van der Waals surface area contributed by atoms with Crippen molar-refractivity contribution in [2.45, 2.75) is 38.5 Å². The number of nitrogens with zero attached hydrogens (tertiary/aromatic N) is 1. The molecule has 6 heteroatoms. The Hall–Kier alpha value is -3.12. The van der Waals surface area contributed by atoms with Crippen molar-refractivity contribution >= 4 is 27.3 Å². The Balaban J connectivity index is 1.74. The average Bonchev–Trinajstić information content (AvgIpc) is 2.73. The minimum absolute atomic E-state index is 0.224. The Morgan fingerprint density at radius 3 is 2.39 bits per heavy atom. The lowest BCUT2D eigenvalue weighted by Crippen LogP contribution is -2.40. The average molecular weight is 435 g/mol. The summed E-state index contributed by atoms with van der Waals surface area (Å²) in [6.45, 7) is 7.88. The highest BCUT2D eigenvalue weighted by Crippen LogP contribution is 2.43. The summed E-state index contributed by atoms with van der Waals surface area (Å²) in [4.78, 5) is 13.1. The number of carbonyl (C=O) groups excluding carboxylic acids is 1. The topological polar surface area (TPSA) is 66.5 Å². The predicted molar refractivity (Wildman–Crippen MR) is 125 cm³/mol. The third kappa shape index (κ3) is 3.83. The Morgan fingerprint density at radius 1 is 0.935 bits per heavy atom. The smallest absolute Gasteiger partial charge is 0.265 e. The zero-order chi connectivity index (χ0) is 22.3. The Kier molecular flexibility index (Phi) is 5.35. The van der Waals surface area contributed by atoms with Crippen molar-refractivity contribution in [1.29, 1.82) is 0 Å². The second-order valence-corrected chi connectivity index (χ2v) is 10.1. The van der Waals surface area contributed by atoms with Gasteiger partial charge in [-0.25, -0.2) is 8.42 Å². The molecule has 0 saturated heterocycles. The fourth-order valence-electron chi connectivity index (χ4n) is 3.83. The second-order valence-electron chi connectivity index (χ2n) is 8.29. The van der Waals surface area contributed by atoms with Gasteiger partial charge in [-0.15, -0.1) is 0 Å². The summed E-state index contributed by atoms with van der Waals surface area (Å²) in [5, 5.41) is 2.83. The molecule has 160 valence electrons. The first kappa shape index (κ1) is 21.1. The number of hydrogen-bond donors (Lipinski definition) is 1. The van der Waals surface area contributed by atoms with Gasteiger partial charge >= 0.3 is 0 Å². The normalized spacial score (nSPS) is 14.2. The van der Waals surface area contributed by atoms with E-state index in [2.05, 4.69) is 19.2 Å². The summed E-state index contributed by atoms with van der Waals surface area (Å²) in [6, 6.07) is 18.4. The van der Waals surface area contributed by atoms with Crippen LogP contribution in [0.2, 0.25) is 0 Å². The van der Waals surface area contributed by atoms with Crippen molar-refractivity contribution in [2.24, 2.45) is 0 Å². The molecular formula is C25H26N2O3S. The molecule has 1 amide bonds. The van der Waals surface area contributed by atoms with Crippen LogP contribution in [0, 0.1) is 13.8 Å². The summed E-state index contributed by atoms with van der Waals surface area (Å²) in [7, 11) is -3.86. The van der Waals surface area contributed by atoms with Gasteiger partial charge in [-0.2, -0.15) is 0 Å². The van der Waals surface area contributed by atoms with Crippen molar-refractivity contribution in [1.82, 2.24) is 0 Å². The molecule has 1 N–H and O–H groups in total. The lowest BCUT2D eigenvalue weighted by molar-refractivity contribution is -0.114. The molecule has 1 heterocycles. The molecule has 0 radical (unpaired) electrons. The standard InChI is InChI=1S/C25H26N2O3S/c1-16(2)19-10-12-23-22(14-19)21-7-5-6-8-24(21)31(29,30)27(23)15-25(28)26-20-11-9-17(3)18(4)13-20/h5-14,16H,15H2,1-4H3,(H,26,28). The maximum atomic E-state index is 13.4. The highest BCUT2D eigenvalue weighted by molar-refractivity contribution is 7.93. The molecule has 0 aliphatic carbocycles. The molecule has 0 unspecified atom stereocenters. The molecule has 1 aliphatic heterocycles. The first-order chi connectivity index (χ1) is 14.7. The van der Waals surface area contributed by atoms with Crippen molar-refractivity contribution < 1.29 is 13.2 Å². The number of amides is 1. The van der Waals surface area contributed by atoms with Crippen LogP contribution >= 0.6 is 0 Å². The molecule has 4 rings (SSSR count). The summed E-state index contributed by atoms with van der Waals surface area (Å²) in [5.41, 5.74) is 5.98. The van der Waals surface area contributed by atoms with E-state index in [1.165, 1.54) is 4.31 Å². The third-order valence-corrected chi connectivity index (χ3v) is 7.60. The van der Waals surface area contributed by atoms with Gasteiger partial charge in [-0.3, -0.25) is 9.10 Å². The molecule has 0 aromatic heterocycles. The zero-order valence-corrected chi connectivity index (χ0v) is 19.0. The van der Waals surface area contributed by atoms with E-state index in [0.717, 1.165) is 22.3 Å². The van der Waals surface area contributed by atoms with Gasteiger partial charge in [0.25, 0.3) is 10.0 Å². The fourth-order valence-corrected chi connectivity index (χ4v) is 5.48. The van der Waals surface area contributed by atoms with Crippen LogP contribution in [-0.2, 0) is 14.8 Å². The van der Waals surface area contributed by atoms with Crippen LogP contribution in [0.4, 0.5) is 11.4 Å². The molecular weight excluding hydrogens is 408 g/mol. The van der Waals surface area contributed by atoms with Crippen LogP contribution in [0.1, 0.15) is 36.5 Å². The van der Waals surface area contributed by atoms with E-state index in [9.17, 15) is 13.2 Å². The Bertz CT molecular complexity index is 1280. The first-order valence-electron chi connectivity index (χ1n) is 10.3. The van der Waals surface area contributed by atoms with Crippen LogP contribution in [0.5, 0.6) is 0 Å². The summed E-state index contributed by atoms with van der Waals surface area (Å²) in [5.74, 6) is -0.0809. The maximum Gasteiger partial charge on any atom is 0.265 e. The van der Waals surface area contributed by atoms with E-state index >= 15 is 0 Å². The molecule has 3 aromatic carbocycles. The summed E-state index contributed by atoms with van der Waals surface area (Å²) in [6.07, 6.45) is 0. The number of aryl methyl sites for hydroxylation is 2. The van der Waals surface area contributed by atoms with E-state index in [1.807, 2.05) is 62.4 Å². The van der Waals surface area contributed by atoms with Gasteiger partial charge in [0.05, 0.1) is 10.6 Å². The minimum atomic E-state index is -3.86. The van der Waals surface area contributed by atoms with Crippen LogP contribution in [0.15, 0.2) is 65.6 Å². The predicted octanol–water partition coefficient (Wildman–Crippen LogP) is 5.24. The van der Waals surface area contributed by atoms with E-state index in [1.54, 1.807) is 12.1 Å². The van der Waals surface area contributed by atoms with Crippen molar-refractivity contribution in [2.75, 3.05) is 16.2 Å². The van der Waals surface area contributed by atoms with Crippen LogP contribution in [0.25, 0.3) is 11.1 Å². The van der Waals surface area contributed by atoms with Crippen molar-refractivity contribution in [3.8, 4) is 11.1 Å². The highest BCUT2D eigenvalue weighted by atomic mass is 32.2. The quantitative estimate of drug-likeness (QED) is 0.611. The lowest BCUT2D eigenvalue weighted by Gasteiger charge is -2.32. The Morgan fingerprint density at radius 2 is 1.68 bits per heavy atom.